The van der Waals surface area contributed by atoms with Crippen molar-refractivity contribution >= 4 is 29.0 Å². The van der Waals surface area contributed by atoms with E-state index in [2.05, 4.69) is 10.5 Å². The van der Waals surface area contributed by atoms with Crippen LogP contribution in [0.3, 0.4) is 0 Å². The minimum Gasteiger partial charge on any atom is -0.308 e. The van der Waals surface area contributed by atoms with Crippen molar-refractivity contribution in [1.29, 1.82) is 0 Å². The van der Waals surface area contributed by atoms with Crippen LogP contribution in [0.25, 0.3) is 0 Å². The summed E-state index contributed by atoms with van der Waals surface area (Å²) in [5.41, 5.74) is 6.89. The van der Waals surface area contributed by atoms with Crippen LogP contribution in [0.15, 0.2) is 65.1 Å². The maximum absolute atomic E-state index is 12.6. The summed E-state index contributed by atoms with van der Waals surface area (Å²) in [5, 5.41) is 5.80. The Morgan fingerprint density at radius 3 is 2.19 bits per heavy atom. The number of nitrogens with zero attached hydrogens (tertiary/aromatic N) is 1. The molecular formula is C21H20N2O2S. The van der Waals surface area contributed by atoms with E-state index in [1.807, 2.05) is 62.4 Å². The second kappa shape index (κ2) is 8.15. The Bertz CT molecular complexity index is 868. The van der Waals surface area contributed by atoms with Gasteiger partial charge in [-0.3, -0.25) is 9.59 Å². The fourth-order valence-electron chi connectivity index (χ4n) is 2.55. The Morgan fingerprint density at radius 1 is 1.00 bits per heavy atom. The number of aryl methyl sites for hydroxylation is 2. The van der Waals surface area contributed by atoms with Gasteiger partial charge in [-0.15, -0.1) is 11.8 Å². The molecule has 26 heavy (non-hydrogen) atoms. The maximum atomic E-state index is 12.6. The van der Waals surface area contributed by atoms with Gasteiger partial charge < -0.3 is 5.43 Å². The number of Topliss-reactive ketones (excluding diaryl/α,β-unsaturated/α-hetero) is 1. The first-order valence-electron chi connectivity index (χ1n) is 8.39. The Balaban J connectivity index is 1.63. The zero-order valence-corrected chi connectivity index (χ0v) is 15.5. The van der Waals surface area contributed by atoms with Gasteiger partial charge in [0.1, 0.15) is 5.71 Å². The topological polar surface area (TPSA) is 58.5 Å². The normalized spacial score (nSPS) is 16.4. The summed E-state index contributed by atoms with van der Waals surface area (Å²) in [7, 11) is 0. The number of benzene rings is 2. The Labute approximate surface area is 157 Å². The molecule has 0 spiro atoms. The van der Waals surface area contributed by atoms with Crippen LogP contribution in [-0.4, -0.2) is 29.1 Å². The Morgan fingerprint density at radius 2 is 1.58 bits per heavy atom. The van der Waals surface area contributed by atoms with Crippen molar-refractivity contribution in [3.05, 3.63) is 82.3 Å². The summed E-state index contributed by atoms with van der Waals surface area (Å²) in [4.78, 5) is 24.8. The number of hydrazone groups is 1. The molecule has 0 aliphatic carbocycles. The van der Waals surface area contributed by atoms with E-state index >= 15 is 0 Å². The van der Waals surface area contributed by atoms with Gasteiger partial charge in [0.15, 0.2) is 5.78 Å². The van der Waals surface area contributed by atoms with Crippen molar-refractivity contribution in [2.24, 2.45) is 5.10 Å². The molecule has 1 heterocycles. The number of hydrogen-bond acceptors (Lipinski definition) is 5. The van der Waals surface area contributed by atoms with Crippen LogP contribution in [0.4, 0.5) is 0 Å². The highest BCUT2D eigenvalue weighted by atomic mass is 32.2. The molecule has 0 amide bonds. The number of rotatable bonds is 6. The highest BCUT2D eigenvalue weighted by Crippen LogP contribution is 2.20. The summed E-state index contributed by atoms with van der Waals surface area (Å²) in [5.74, 6) is -0.127. The lowest BCUT2D eigenvalue weighted by molar-refractivity contribution is 0.104. The summed E-state index contributed by atoms with van der Waals surface area (Å²) in [6.07, 6.45) is 1.54. The van der Waals surface area contributed by atoms with E-state index in [4.69, 9.17) is 0 Å². The molecule has 132 valence electrons. The zero-order valence-electron chi connectivity index (χ0n) is 14.7. The Hall–Kier alpha value is -2.66. The molecule has 2 aromatic rings. The first kappa shape index (κ1) is 18.1. The van der Waals surface area contributed by atoms with Gasteiger partial charge >= 0.3 is 0 Å². The first-order valence-corrected chi connectivity index (χ1v) is 9.33. The molecule has 1 aliphatic heterocycles. The molecular weight excluding hydrogens is 344 g/mol. The van der Waals surface area contributed by atoms with E-state index in [0.717, 1.165) is 11.1 Å². The minimum absolute atomic E-state index is 0.0493. The fourth-order valence-corrected chi connectivity index (χ4v) is 3.41. The van der Waals surface area contributed by atoms with Gasteiger partial charge in [-0.25, -0.2) is 0 Å². The summed E-state index contributed by atoms with van der Waals surface area (Å²) in [6.45, 7) is 4.54. The highest BCUT2D eigenvalue weighted by Gasteiger charge is 2.28. The van der Waals surface area contributed by atoms with Crippen molar-refractivity contribution < 1.29 is 9.59 Å². The van der Waals surface area contributed by atoms with E-state index < -0.39 is 0 Å². The van der Waals surface area contributed by atoms with Crippen LogP contribution in [-0.2, 0) is 0 Å². The average molecular weight is 364 g/mol. The lowest BCUT2D eigenvalue weighted by Gasteiger charge is -2.08. The highest BCUT2D eigenvalue weighted by molar-refractivity contribution is 8.03. The molecule has 3 rings (SSSR count). The number of carbonyl (C=O) groups excluding carboxylic acids is 2. The monoisotopic (exact) mass is 364 g/mol. The van der Waals surface area contributed by atoms with Gasteiger partial charge in [0.2, 0.25) is 5.78 Å². The minimum atomic E-state index is -0.106. The second-order valence-corrected chi connectivity index (χ2v) is 7.33. The standard InChI is InChI=1S/C21H20N2O2S/c1-14-3-7-16(8-4-14)18(24)11-12-26-19-13-22-23-20(19)21(25)17-9-5-15(2)6-10-17/h3-12,19,22H,13H2,1-2H3/b12-11+. The van der Waals surface area contributed by atoms with Crippen LogP contribution >= 0.6 is 11.8 Å². The van der Waals surface area contributed by atoms with Crippen molar-refractivity contribution in [3.63, 3.8) is 0 Å². The third-order valence-corrected chi connectivity index (χ3v) is 5.14. The van der Waals surface area contributed by atoms with Gasteiger partial charge in [0.05, 0.1) is 11.8 Å². The number of allylic oxidation sites excluding steroid dienone is 1. The molecule has 0 saturated carbocycles. The van der Waals surface area contributed by atoms with Gasteiger partial charge in [-0.05, 0) is 25.3 Å². The van der Waals surface area contributed by atoms with Crippen molar-refractivity contribution in [1.82, 2.24) is 5.43 Å². The van der Waals surface area contributed by atoms with Gasteiger partial charge in [0.25, 0.3) is 0 Å². The van der Waals surface area contributed by atoms with E-state index in [1.165, 1.54) is 11.8 Å². The van der Waals surface area contributed by atoms with E-state index in [0.29, 0.717) is 23.4 Å². The van der Waals surface area contributed by atoms with Gasteiger partial charge in [0, 0.05) is 11.1 Å². The largest absolute Gasteiger partial charge is 0.308 e. The predicted molar refractivity (Wildman–Crippen MR) is 107 cm³/mol. The van der Waals surface area contributed by atoms with Crippen LogP contribution in [0.2, 0.25) is 0 Å². The Kier molecular flexibility index (Phi) is 5.68. The third kappa shape index (κ3) is 4.29. The number of carbonyl (C=O) groups is 2. The summed E-state index contributed by atoms with van der Waals surface area (Å²) < 4.78 is 0. The first-order chi connectivity index (χ1) is 12.5. The number of hydrogen-bond donors (Lipinski definition) is 1. The number of ketones is 2. The van der Waals surface area contributed by atoms with Crippen molar-refractivity contribution in [3.8, 4) is 0 Å². The summed E-state index contributed by atoms with van der Waals surface area (Å²) >= 11 is 1.43. The molecule has 4 nitrogen and oxygen atoms in total. The van der Waals surface area contributed by atoms with Crippen LogP contribution in [0.1, 0.15) is 31.8 Å². The molecule has 5 heteroatoms. The lowest BCUT2D eigenvalue weighted by atomic mass is 10.0. The van der Waals surface area contributed by atoms with Gasteiger partial charge in [-0.1, -0.05) is 59.7 Å². The molecule has 0 fully saturated rings. The second-order valence-electron chi connectivity index (χ2n) is 6.21. The average Bonchev–Trinajstić information content (AvgIpc) is 3.10. The van der Waals surface area contributed by atoms with E-state index in [1.54, 1.807) is 11.5 Å². The van der Waals surface area contributed by atoms with Crippen molar-refractivity contribution in [2.75, 3.05) is 6.54 Å². The molecule has 1 atom stereocenters. The third-order valence-electron chi connectivity index (χ3n) is 4.13. The van der Waals surface area contributed by atoms with Crippen LogP contribution in [0, 0.1) is 13.8 Å². The molecule has 0 bridgehead atoms. The van der Waals surface area contributed by atoms with Crippen LogP contribution < -0.4 is 5.43 Å². The molecule has 0 radical (unpaired) electrons. The quantitative estimate of drug-likeness (QED) is 0.623. The molecule has 1 N–H and O–H groups in total. The molecule has 1 aliphatic rings. The van der Waals surface area contributed by atoms with E-state index in [9.17, 15) is 9.59 Å². The molecule has 0 aromatic heterocycles. The number of nitrogens with one attached hydrogen (secondary N) is 1. The van der Waals surface area contributed by atoms with Crippen molar-refractivity contribution in [2.45, 2.75) is 19.1 Å². The SMILES string of the molecule is Cc1ccc(C(=O)/C=C/SC2CNN=C2C(=O)c2ccc(C)cc2)cc1. The maximum Gasteiger partial charge on any atom is 0.210 e. The zero-order chi connectivity index (χ0) is 18.5. The van der Waals surface area contributed by atoms with Gasteiger partial charge in [-0.2, -0.15) is 5.10 Å². The molecule has 0 saturated heterocycles. The number of thioether (sulfide) groups is 1. The molecule has 2 aromatic carbocycles. The molecule has 1 unspecified atom stereocenters. The summed E-state index contributed by atoms with van der Waals surface area (Å²) in [6, 6.07) is 14.9. The predicted octanol–water partition coefficient (Wildman–Crippen LogP) is 3.94. The fraction of sp³-hybridized carbons (Fsp3) is 0.190. The lowest BCUT2D eigenvalue weighted by Crippen LogP contribution is -2.25. The smallest absolute Gasteiger partial charge is 0.210 e. The van der Waals surface area contributed by atoms with E-state index in [-0.39, 0.29) is 16.8 Å². The van der Waals surface area contributed by atoms with Crippen LogP contribution in [0.5, 0.6) is 0 Å².